The molecule has 0 amide bonds. The Morgan fingerprint density at radius 2 is 2.04 bits per heavy atom. The second kappa shape index (κ2) is 6.65. The Hall–Kier alpha value is -1.95. The lowest BCUT2D eigenvalue weighted by Gasteiger charge is -2.34. The summed E-state index contributed by atoms with van der Waals surface area (Å²) in [6.07, 6.45) is 5.97. The zero-order chi connectivity index (χ0) is 19.1. The molecule has 26 heavy (non-hydrogen) atoms. The third-order valence-corrected chi connectivity index (χ3v) is 5.50. The molecule has 6 heteroatoms. The molecule has 0 aromatic carbocycles. The van der Waals surface area contributed by atoms with Crippen molar-refractivity contribution in [3.8, 4) is 0 Å². The van der Waals surface area contributed by atoms with E-state index in [4.69, 9.17) is 14.2 Å². The Balaban J connectivity index is 1.73. The first-order valence-corrected chi connectivity index (χ1v) is 9.07. The van der Waals surface area contributed by atoms with Crippen molar-refractivity contribution in [1.29, 1.82) is 0 Å². The number of ether oxygens (including phenoxy) is 3. The summed E-state index contributed by atoms with van der Waals surface area (Å²) in [4.78, 5) is 35.9. The maximum atomic E-state index is 12.6. The van der Waals surface area contributed by atoms with Gasteiger partial charge in [0.25, 0.3) is 0 Å². The van der Waals surface area contributed by atoms with Crippen molar-refractivity contribution in [2.24, 2.45) is 5.41 Å². The first kappa shape index (κ1) is 18.8. The normalized spacial score (nSPS) is 35.5. The van der Waals surface area contributed by atoms with Gasteiger partial charge in [0.15, 0.2) is 5.78 Å². The van der Waals surface area contributed by atoms with Crippen LogP contribution in [0.3, 0.4) is 0 Å². The highest BCUT2D eigenvalue weighted by Gasteiger charge is 2.55. The summed E-state index contributed by atoms with van der Waals surface area (Å²) in [6, 6.07) is 0. The summed E-state index contributed by atoms with van der Waals surface area (Å²) in [5.74, 6) is -0.951. The van der Waals surface area contributed by atoms with Crippen molar-refractivity contribution in [2.75, 3.05) is 0 Å². The minimum atomic E-state index is -0.984. The topological polar surface area (TPSA) is 82.2 Å². The largest absolute Gasteiger partial charge is 0.458 e. The van der Waals surface area contributed by atoms with Gasteiger partial charge in [-0.2, -0.15) is 0 Å². The number of ketones is 1. The van der Waals surface area contributed by atoms with Crippen LogP contribution in [0.25, 0.3) is 0 Å². The number of carbonyl (C=O) groups excluding carboxylic acids is 3. The van der Waals surface area contributed by atoms with Gasteiger partial charge in [0.05, 0.1) is 23.5 Å². The van der Waals surface area contributed by atoms with Crippen LogP contribution in [-0.4, -0.2) is 41.6 Å². The number of hydrogen-bond acceptors (Lipinski definition) is 6. The van der Waals surface area contributed by atoms with Crippen molar-refractivity contribution in [3.63, 3.8) is 0 Å². The van der Waals surface area contributed by atoms with E-state index in [2.05, 4.69) is 13.8 Å². The van der Waals surface area contributed by atoms with Crippen LogP contribution in [0.4, 0.5) is 0 Å². The van der Waals surface area contributed by atoms with Gasteiger partial charge >= 0.3 is 11.9 Å². The van der Waals surface area contributed by atoms with Gasteiger partial charge in [-0.05, 0) is 51.8 Å². The second-order valence-corrected chi connectivity index (χ2v) is 8.08. The molecule has 6 nitrogen and oxygen atoms in total. The molecule has 2 unspecified atom stereocenters. The summed E-state index contributed by atoms with van der Waals surface area (Å²) >= 11 is 0. The number of hydrogen-bond donors (Lipinski definition) is 0. The van der Waals surface area contributed by atoms with Gasteiger partial charge in [-0.3, -0.25) is 14.4 Å². The molecule has 0 aromatic heterocycles. The molecule has 1 spiro atoms. The average Bonchev–Trinajstić information content (AvgIpc) is 3.02. The van der Waals surface area contributed by atoms with Gasteiger partial charge < -0.3 is 14.2 Å². The lowest BCUT2D eigenvalue weighted by molar-refractivity contribution is -0.148. The molecule has 0 N–H and O–H groups in total. The van der Waals surface area contributed by atoms with E-state index in [9.17, 15) is 14.4 Å². The molecule has 2 fully saturated rings. The van der Waals surface area contributed by atoms with Crippen LogP contribution in [0.5, 0.6) is 0 Å². The van der Waals surface area contributed by atoms with Crippen molar-refractivity contribution < 1.29 is 28.6 Å². The molecule has 0 bridgehead atoms. The highest BCUT2D eigenvalue weighted by Crippen LogP contribution is 2.45. The van der Waals surface area contributed by atoms with Gasteiger partial charge in [-0.25, -0.2) is 0 Å². The van der Waals surface area contributed by atoms with Crippen molar-refractivity contribution in [2.45, 2.75) is 77.3 Å². The average molecular weight is 362 g/mol. The third-order valence-electron chi connectivity index (χ3n) is 5.50. The number of cyclic esters (lactones) is 1. The van der Waals surface area contributed by atoms with E-state index in [1.54, 1.807) is 6.08 Å². The van der Waals surface area contributed by atoms with Gasteiger partial charge in [-0.15, -0.1) is 0 Å². The third kappa shape index (κ3) is 3.75. The summed E-state index contributed by atoms with van der Waals surface area (Å²) < 4.78 is 16.3. The van der Waals surface area contributed by atoms with Gasteiger partial charge in [-0.1, -0.05) is 5.57 Å². The fraction of sp³-hybridized carbons (Fsp3) is 0.650. The quantitative estimate of drug-likeness (QED) is 0.425. The van der Waals surface area contributed by atoms with Gasteiger partial charge in [0.1, 0.15) is 12.2 Å². The monoisotopic (exact) mass is 362 g/mol. The summed E-state index contributed by atoms with van der Waals surface area (Å²) in [5, 5.41) is 0. The van der Waals surface area contributed by atoms with Gasteiger partial charge in [0, 0.05) is 13.3 Å². The molecule has 2 heterocycles. The molecule has 2 saturated heterocycles. The molecule has 3 rings (SSSR count). The minimum absolute atomic E-state index is 0.0150. The lowest BCUT2D eigenvalue weighted by atomic mass is 9.69. The fourth-order valence-electron chi connectivity index (χ4n) is 3.89. The predicted octanol–water partition coefficient (Wildman–Crippen LogP) is 2.65. The molecule has 142 valence electrons. The SMILES string of the molecule is CC(=O)O[C@@H]1C=CC(=O)C2(CC(=O)O[C@@H]2/C=C(\C)CCC2OC2(C)C)C1. The first-order chi connectivity index (χ1) is 12.1. The van der Waals surface area contributed by atoms with Crippen molar-refractivity contribution in [1.82, 2.24) is 0 Å². The van der Waals surface area contributed by atoms with Crippen LogP contribution in [0.1, 0.15) is 53.4 Å². The standard InChI is InChI=1S/C20H26O6/c1-12(5-8-16-19(3,4)26-16)9-17-20(11-18(23)25-17)10-14(24-13(2)21)6-7-15(20)22/h6-7,9,14,16-17H,5,8,10-11H2,1-4H3/b12-9+/t14-,16?,17-,20?/m1/s1. The van der Waals surface area contributed by atoms with Crippen LogP contribution < -0.4 is 0 Å². The second-order valence-electron chi connectivity index (χ2n) is 8.08. The number of rotatable bonds is 5. The van der Waals surface area contributed by atoms with E-state index in [1.807, 2.05) is 13.0 Å². The number of esters is 2. The predicted molar refractivity (Wildman–Crippen MR) is 93.2 cm³/mol. The van der Waals surface area contributed by atoms with E-state index in [-0.39, 0.29) is 30.3 Å². The molecule has 4 atom stereocenters. The number of epoxide rings is 1. The Morgan fingerprint density at radius 1 is 1.35 bits per heavy atom. The van der Waals surface area contributed by atoms with Gasteiger partial charge in [0.2, 0.25) is 0 Å². The Bertz CT molecular complexity index is 688. The van der Waals surface area contributed by atoms with E-state index >= 15 is 0 Å². The Morgan fingerprint density at radius 3 is 2.65 bits per heavy atom. The number of carbonyl (C=O) groups is 3. The fourth-order valence-corrected chi connectivity index (χ4v) is 3.89. The molecule has 1 aliphatic carbocycles. The van der Waals surface area contributed by atoms with Crippen LogP contribution in [-0.2, 0) is 28.6 Å². The van der Waals surface area contributed by atoms with Crippen molar-refractivity contribution in [3.05, 3.63) is 23.8 Å². The van der Waals surface area contributed by atoms with Crippen LogP contribution >= 0.6 is 0 Å². The molecule has 0 saturated carbocycles. The van der Waals surface area contributed by atoms with E-state index in [0.717, 1.165) is 18.4 Å². The van der Waals surface area contributed by atoms with E-state index in [1.165, 1.54) is 13.0 Å². The zero-order valence-electron chi connectivity index (χ0n) is 15.7. The zero-order valence-corrected chi connectivity index (χ0v) is 15.7. The first-order valence-electron chi connectivity index (χ1n) is 9.07. The smallest absolute Gasteiger partial charge is 0.307 e. The van der Waals surface area contributed by atoms with E-state index in [0.29, 0.717) is 0 Å². The summed E-state index contributed by atoms with van der Waals surface area (Å²) in [5.41, 5.74) is 0.0208. The maximum absolute atomic E-state index is 12.6. The van der Waals surface area contributed by atoms with Crippen LogP contribution in [0, 0.1) is 5.41 Å². The van der Waals surface area contributed by atoms with E-state index < -0.39 is 29.6 Å². The Kier molecular flexibility index (Phi) is 4.82. The highest BCUT2D eigenvalue weighted by atomic mass is 16.6. The molecule has 2 aliphatic heterocycles. The minimum Gasteiger partial charge on any atom is -0.458 e. The molecule has 0 radical (unpaired) electrons. The molecular formula is C20H26O6. The molecular weight excluding hydrogens is 336 g/mol. The van der Waals surface area contributed by atoms with Crippen LogP contribution in [0.2, 0.25) is 0 Å². The van der Waals surface area contributed by atoms with Crippen LogP contribution in [0.15, 0.2) is 23.8 Å². The maximum Gasteiger partial charge on any atom is 0.307 e. The molecule has 0 aromatic rings. The van der Waals surface area contributed by atoms with Crippen molar-refractivity contribution >= 4 is 17.7 Å². The summed E-state index contributed by atoms with van der Waals surface area (Å²) in [6.45, 7) is 7.43. The number of allylic oxidation sites excluding steroid dienone is 2. The Labute approximate surface area is 153 Å². The molecule has 3 aliphatic rings. The lowest BCUT2D eigenvalue weighted by Crippen LogP contribution is -2.43. The highest BCUT2D eigenvalue weighted by molar-refractivity contribution is 6.00. The summed E-state index contributed by atoms with van der Waals surface area (Å²) in [7, 11) is 0.